The quantitative estimate of drug-likeness (QED) is 0.331. The number of β-amino-alcohol motifs (C(OH)–C–C–N with tert-alkyl or cyclic N) is 1. The lowest BCUT2D eigenvalue weighted by molar-refractivity contribution is -0.137. The van der Waals surface area contributed by atoms with Crippen molar-refractivity contribution in [2.45, 2.75) is 0 Å². The zero-order valence-electron chi connectivity index (χ0n) is 11.3. The molecule has 0 aromatic heterocycles. The summed E-state index contributed by atoms with van der Waals surface area (Å²) in [4.78, 5) is 36.2. The number of nitrogens with one attached hydrogen (secondary N) is 1. The molecule has 0 saturated heterocycles. The minimum Gasteiger partial charge on any atom is -0.478 e. The van der Waals surface area contributed by atoms with Gasteiger partial charge in [-0.25, -0.2) is 4.79 Å². The molecule has 1 aliphatic heterocycles. The van der Waals surface area contributed by atoms with E-state index in [1.807, 2.05) is 67.8 Å². The molecule has 3 N–H and O–H groups in total. The summed E-state index contributed by atoms with van der Waals surface area (Å²) in [5.74, 6) is -2.13. The third-order valence-electron chi connectivity index (χ3n) is 2.98. The first kappa shape index (κ1) is 18.9. The van der Waals surface area contributed by atoms with Gasteiger partial charge in [-0.3, -0.25) is 14.5 Å². The Kier molecular flexibility index (Phi) is 6.23. The molecule has 122 valence electrons. The van der Waals surface area contributed by atoms with E-state index in [0.29, 0.717) is 12.8 Å². The molecule has 2 amide bonds. The molecule has 10 heteroatoms. The molecule has 0 unspecified atom stereocenters. The second kappa shape index (κ2) is 7.60. The van der Waals surface area contributed by atoms with Crippen LogP contribution < -0.4 is 5.32 Å². The van der Waals surface area contributed by atoms with Crippen LogP contribution in [0.15, 0.2) is 17.8 Å². The van der Waals surface area contributed by atoms with Crippen LogP contribution in [0.1, 0.15) is 10.4 Å². The van der Waals surface area contributed by atoms with E-state index in [1.54, 1.807) is 6.07 Å². The van der Waals surface area contributed by atoms with Crippen LogP contribution in [0.5, 0.6) is 0 Å². The van der Waals surface area contributed by atoms with Gasteiger partial charge in [0.05, 0.1) is 28.0 Å². The molecule has 0 saturated carbocycles. The molecule has 2 rings (SSSR count). The number of aliphatic hydroxyl groups excluding tert-OH is 1. The van der Waals surface area contributed by atoms with Gasteiger partial charge in [0.25, 0.3) is 11.8 Å². The zero-order valence-corrected chi connectivity index (χ0v) is 17.7. The van der Waals surface area contributed by atoms with Crippen molar-refractivity contribution >= 4 is 91.2 Å². The lowest BCUT2D eigenvalue weighted by Gasteiger charge is -2.16. The van der Waals surface area contributed by atoms with Gasteiger partial charge in [-0.1, -0.05) is 0 Å². The summed E-state index contributed by atoms with van der Waals surface area (Å²) >= 11 is 5.87. The van der Waals surface area contributed by atoms with E-state index >= 15 is 0 Å². The number of benzene rings is 1. The Balaban J connectivity index is 2.40. The van der Waals surface area contributed by atoms with Crippen LogP contribution in [0.4, 0.5) is 5.69 Å². The van der Waals surface area contributed by atoms with Crippen LogP contribution in [0.2, 0.25) is 0 Å². The number of amides is 2. The van der Waals surface area contributed by atoms with Crippen molar-refractivity contribution < 1.29 is 24.6 Å². The minimum atomic E-state index is -1.07. The van der Waals surface area contributed by atoms with E-state index in [2.05, 4.69) is 5.32 Å². The first-order valence-corrected chi connectivity index (χ1v) is 9.37. The standard InChI is InChI=1S/C13H9I3N2O5/c14-5-3-6(15)11(10(16)9(5)13(22)23)17-7-4-8(20)18(1-2-19)12(7)21/h3-4,17,19H,1-2H2,(H,22,23). The number of rotatable bonds is 5. The Morgan fingerprint density at radius 2 is 1.87 bits per heavy atom. The number of aliphatic hydroxyl groups is 1. The number of anilines is 1. The smallest absolute Gasteiger partial charge is 0.337 e. The van der Waals surface area contributed by atoms with Gasteiger partial charge in [0, 0.05) is 13.2 Å². The number of hydrogen-bond donors (Lipinski definition) is 3. The predicted molar refractivity (Wildman–Crippen MR) is 107 cm³/mol. The summed E-state index contributed by atoms with van der Waals surface area (Å²) in [7, 11) is 0. The van der Waals surface area contributed by atoms with Gasteiger partial charge in [-0.05, 0) is 73.8 Å². The van der Waals surface area contributed by atoms with Crippen LogP contribution in [-0.4, -0.2) is 46.0 Å². The monoisotopic (exact) mass is 654 g/mol. The molecule has 0 atom stereocenters. The molecule has 23 heavy (non-hydrogen) atoms. The molecule has 7 nitrogen and oxygen atoms in total. The average molecular weight is 654 g/mol. The largest absolute Gasteiger partial charge is 0.478 e. The molecule has 1 heterocycles. The Morgan fingerprint density at radius 3 is 2.43 bits per heavy atom. The molecule has 0 bridgehead atoms. The maximum atomic E-state index is 12.2. The van der Waals surface area contributed by atoms with E-state index in [1.165, 1.54) is 0 Å². The van der Waals surface area contributed by atoms with Crippen molar-refractivity contribution in [1.82, 2.24) is 4.90 Å². The number of carboxylic acid groups (broad SMARTS) is 1. The third kappa shape index (κ3) is 3.79. The van der Waals surface area contributed by atoms with Gasteiger partial charge in [-0.15, -0.1) is 0 Å². The lowest BCUT2D eigenvalue weighted by Crippen LogP contribution is -2.34. The molecule has 1 aromatic carbocycles. The fraction of sp³-hybridized carbons (Fsp3) is 0.154. The number of carbonyl (C=O) groups is 3. The molecule has 0 fully saturated rings. The van der Waals surface area contributed by atoms with Crippen LogP contribution in [-0.2, 0) is 9.59 Å². The summed E-state index contributed by atoms with van der Waals surface area (Å²) in [6, 6.07) is 1.68. The van der Waals surface area contributed by atoms with Gasteiger partial charge in [0.2, 0.25) is 0 Å². The fourth-order valence-corrected chi connectivity index (χ4v) is 6.05. The zero-order chi connectivity index (χ0) is 17.3. The van der Waals surface area contributed by atoms with Gasteiger partial charge in [0.1, 0.15) is 5.70 Å². The highest BCUT2D eigenvalue weighted by Crippen LogP contribution is 2.33. The van der Waals surface area contributed by atoms with Crippen molar-refractivity contribution in [2.75, 3.05) is 18.5 Å². The summed E-state index contributed by atoms with van der Waals surface area (Å²) in [5.41, 5.74) is 0.651. The van der Waals surface area contributed by atoms with Crippen molar-refractivity contribution in [1.29, 1.82) is 0 Å². The normalized spacial score (nSPS) is 14.3. The van der Waals surface area contributed by atoms with Crippen LogP contribution in [0.25, 0.3) is 0 Å². The van der Waals surface area contributed by atoms with Crippen molar-refractivity contribution in [3.63, 3.8) is 0 Å². The molecular formula is C13H9I3N2O5. The highest BCUT2D eigenvalue weighted by atomic mass is 127. The summed E-state index contributed by atoms with van der Waals surface area (Å²) in [5, 5.41) is 21.1. The molecule has 0 radical (unpaired) electrons. The summed E-state index contributed by atoms with van der Waals surface area (Å²) in [6.07, 6.45) is 1.14. The van der Waals surface area contributed by atoms with Crippen molar-refractivity contribution in [3.05, 3.63) is 34.1 Å². The minimum absolute atomic E-state index is 0.0526. The first-order chi connectivity index (χ1) is 10.8. The SMILES string of the molecule is O=C(O)c1c(I)cc(I)c(NC2=CC(=O)N(CCO)C2=O)c1I. The van der Waals surface area contributed by atoms with Crippen LogP contribution in [0, 0.1) is 10.7 Å². The molecule has 0 spiro atoms. The second-order valence-corrected chi connectivity index (χ2v) is 7.81. The van der Waals surface area contributed by atoms with Gasteiger partial charge < -0.3 is 15.5 Å². The van der Waals surface area contributed by atoms with Crippen LogP contribution >= 0.6 is 67.8 Å². The van der Waals surface area contributed by atoms with E-state index in [9.17, 15) is 19.5 Å². The fourth-order valence-electron chi connectivity index (χ4n) is 1.95. The molecule has 1 aliphatic rings. The second-order valence-electron chi connectivity index (χ2n) is 4.41. The molecule has 0 aliphatic carbocycles. The first-order valence-electron chi connectivity index (χ1n) is 6.14. The highest BCUT2D eigenvalue weighted by molar-refractivity contribution is 14.1. The van der Waals surface area contributed by atoms with Crippen LogP contribution in [0.3, 0.4) is 0 Å². The summed E-state index contributed by atoms with van der Waals surface area (Å²) < 4.78 is 1.76. The number of carboxylic acids is 1. The van der Waals surface area contributed by atoms with E-state index in [-0.39, 0.29) is 24.4 Å². The maximum absolute atomic E-state index is 12.2. The number of aromatic carboxylic acids is 1. The third-order valence-corrected chi connectivity index (χ3v) is 5.76. The van der Waals surface area contributed by atoms with E-state index < -0.39 is 17.8 Å². The maximum Gasteiger partial charge on any atom is 0.337 e. The topological polar surface area (TPSA) is 107 Å². The average Bonchev–Trinajstić information content (AvgIpc) is 2.70. The predicted octanol–water partition coefficient (Wildman–Crippen LogP) is 1.86. The number of carbonyl (C=O) groups excluding carboxylic acids is 2. The number of nitrogens with zero attached hydrogens (tertiary/aromatic N) is 1. The van der Waals surface area contributed by atoms with Gasteiger partial charge >= 0.3 is 5.97 Å². The number of halogens is 3. The Morgan fingerprint density at radius 1 is 1.22 bits per heavy atom. The highest BCUT2D eigenvalue weighted by Gasteiger charge is 2.31. The Bertz CT molecular complexity index is 748. The van der Waals surface area contributed by atoms with Gasteiger partial charge in [-0.2, -0.15) is 0 Å². The van der Waals surface area contributed by atoms with Crippen molar-refractivity contribution in [2.24, 2.45) is 0 Å². The van der Waals surface area contributed by atoms with E-state index in [0.717, 1.165) is 14.5 Å². The number of imide groups is 1. The van der Waals surface area contributed by atoms with E-state index in [4.69, 9.17) is 5.11 Å². The molecule has 1 aromatic rings. The lowest BCUT2D eigenvalue weighted by atomic mass is 10.2. The summed E-state index contributed by atoms with van der Waals surface area (Å²) in [6.45, 7) is -0.402. The van der Waals surface area contributed by atoms with Gasteiger partial charge in [0.15, 0.2) is 0 Å². The van der Waals surface area contributed by atoms with Crippen molar-refractivity contribution in [3.8, 4) is 0 Å². The Labute approximate surface area is 171 Å². The molecular weight excluding hydrogens is 645 g/mol. The Hall–Kier alpha value is -0.480. The number of hydrogen-bond acceptors (Lipinski definition) is 5.